The Labute approximate surface area is 231 Å². The van der Waals surface area contributed by atoms with Gasteiger partial charge in [0, 0.05) is 44.9 Å². The fraction of sp³-hybridized carbons (Fsp3) is 0.414. The molecule has 0 saturated carbocycles. The van der Waals surface area contributed by atoms with E-state index in [0.29, 0.717) is 48.8 Å². The summed E-state index contributed by atoms with van der Waals surface area (Å²) in [5.74, 6) is 6.91. The number of nitriles is 1. The zero-order chi connectivity index (χ0) is 28.6. The lowest BCUT2D eigenvalue weighted by Gasteiger charge is -2.23. The Morgan fingerprint density at radius 1 is 1.15 bits per heavy atom. The highest BCUT2D eigenvalue weighted by Gasteiger charge is 2.20. The van der Waals surface area contributed by atoms with Crippen LogP contribution in [-0.2, 0) is 9.59 Å². The standard InChI is InChI=1S/C29H38N8O2/c1-6-17-31-27-24(21-33-29(35-27)34-25-15-13-23(20-30)14-16-25)11-8-7-9-18-32-28(39)22(2)37(5)26(38)12-10-19-36(3)4/h10,12-16,21-22H,6-7,9,17-19H2,1-5H3,(H,32,39)(H2,31,33,34,35)/b12-10+/t22-/m1/s1. The van der Waals surface area contributed by atoms with E-state index in [4.69, 9.17) is 5.26 Å². The summed E-state index contributed by atoms with van der Waals surface area (Å²) in [6.07, 6.45) is 7.11. The number of nitrogens with zero attached hydrogens (tertiary/aromatic N) is 5. The van der Waals surface area contributed by atoms with Gasteiger partial charge in [0.05, 0.1) is 23.4 Å². The zero-order valence-corrected chi connectivity index (χ0v) is 23.4. The predicted octanol–water partition coefficient (Wildman–Crippen LogP) is 3.13. The number of carbonyl (C=O) groups is 2. The second-order valence-electron chi connectivity index (χ2n) is 9.18. The molecule has 0 radical (unpaired) electrons. The molecule has 2 amide bonds. The first kappa shape index (κ1) is 30.8. The van der Waals surface area contributed by atoms with Gasteiger partial charge in [-0.3, -0.25) is 9.59 Å². The van der Waals surface area contributed by atoms with Crippen LogP contribution in [0.5, 0.6) is 0 Å². The molecular formula is C29H38N8O2. The third-order valence-electron chi connectivity index (χ3n) is 5.64. The minimum Gasteiger partial charge on any atom is -0.369 e. The van der Waals surface area contributed by atoms with E-state index in [1.54, 1.807) is 50.5 Å². The van der Waals surface area contributed by atoms with Crippen molar-refractivity contribution in [2.24, 2.45) is 0 Å². The number of unbranched alkanes of at least 4 members (excludes halogenated alkanes) is 1. The van der Waals surface area contributed by atoms with Crippen molar-refractivity contribution in [3.63, 3.8) is 0 Å². The summed E-state index contributed by atoms with van der Waals surface area (Å²) in [4.78, 5) is 37.0. The molecule has 10 heteroatoms. The minimum atomic E-state index is -0.576. The number of aromatic nitrogens is 2. The summed E-state index contributed by atoms with van der Waals surface area (Å²) in [5.41, 5.74) is 2.05. The van der Waals surface area contributed by atoms with Gasteiger partial charge in [-0.1, -0.05) is 24.8 Å². The SMILES string of the molecule is CCCNc1nc(Nc2ccc(C#N)cc2)ncc1C#CCCCNC(=O)[C@@H](C)N(C)C(=O)/C=C/CN(C)C. The van der Waals surface area contributed by atoms with Crippen molar-refractivity contribution in [2.75, 3.05) is 51.4 Å². The van der Waals surface area contributed by atoms with Gasteiger partial charge in [0.2, 0.25) is 17.8 Å². The van der Waals surface area contributed by atoms with Gasteiger partial charge in [-0.2, -0.15) is 10.2 Å². The van der Waals surface area contributed by atoms with Crippen LogP contribution < -0.4 is 16.0 Å². The minimum absolute atomic E-state index is 0.204. The van der Waals surface area contributed by atoms with Gasteiger partial charge in [-0.05, 0) is 58.1 Å². The molecular weight excluding hydrogens is 492 g/mol. The van der Waals surface area contributed by atoms with Crippen LogP contribution in [0.1, 0.15) is 44.2 Å². The molecule has 0 aliphatic heterocycles. The average molecular weight is 531 g/mol. The van der Waals surface area contributed by atoms with Crippen LogP contribution in [0.4, 0.5) is 17.5 Å². The van der Waals surface area contributed by atoms with Crippen molar-refractivity contribution in [1.29, 1.82) is 5.26 Å². The molecule has 0 spiro atoms. The Kier molecular flexibility index (Phi) is 13.0. The first-order chi connectivity index (χ1) is 18.7. The largest absolute Gasteiger partial charge is 0.369 e. The van der Waals surface area contributed by atoms with E-state index in [0.717, 1.165) is 18.7 Å². The summed E-state index contributed by atoms with van der Waals surface area (Å²) in [6, 6.07) is 8.57. The summed E-state index contributed by atoms with van der Waals surface area (Å²) in [7, 11) is 5.46. The lowest BCUT2D eigenvalue weighted by molar-refractivity contribution is -0.135. The van der Waals surface area contributed by atoms with Crippen LogP contribution in [0.25, 0.3) is 0 Å². The number of rotatable bonds is 13. The normalized spacial score (nSPS) is 11.3. The summed E-state index contributed by atoms with van der Waals surface area (Å²) in [5, 5.41) is 18.3. The maximum absolute atomic E-state index is 12.4. The van der Waals surface area contributed by atoms with Crippen molar-refractivity contribution in [3.05, 3.63) is 53.7 Å². The molecule has 0 saturated heterocycles. The van der Waals surface area contributed by atoms with Crippen LogP contribution in [0.3, 0.4) is 0 Å². The first-order valence-corrected chi connectivity index (χ1v) is 13.0. The molecule has 1 aromatic heterocycles. The Balaban J connectivity index is 1.88. The van der Waals surface area contributed by atoms with Gasteiger partial charge in [0.15, 0.2) is 0 Å². The lowest BCUT2D eigenvalue weighted by atomic mass is 10.2. The van der Waals surface area contributed by atoms with Crippen molar-refractivity contribution in [3.8, 4) is 17.9 Å². The maximum Gasteiger partial charge on any atom is 0.246 e. The highest BCUT2D eigenvalue weighted by Crippen LogP contribution is 2.18. The van der Waals surface area contributed by atoms with Crippen LogP contribution in [-0.4, -0.2) is 78.4 Å². The maximum atomic E-state index is 12.4. The van der Waals surface area contributed by atoms with Crippen LogP contribution in [0.15, 0.2) is 42.6 Å². The number of carbonyl (C=O) groups excluding carboxylic acids is 2. The number of benzene rings is 1. The summed E-state index contributed by atoms with van der Waals surface area (Å²) in [6.45, 7) is 5.64. The van der Waals surface area contributed by atoms with E-state index in [1.807, 2.05) is 19.0 Å². The molecule has 0 unspecified atom stereocenters. The molecule has 2 rings (SSSR count). The number of anilines is 3. The number of hydrogen-bond acceptors (Lipinski definition) is 8. The van der Waals surface area contributed by atoms with Gasteiger partial charge in [0.1, 0.15) is 11.9 Å². The van der Waals surface area contributed by atoms with E-state index < -0.39 is 6.04 Å². The summed E-state index contributed by atoms with van der Waals surface area (Å²) < 4.78 is 0. The third kappa shape index (κ3) is 10.8. The molecule has 0 aliphatic carbocycles. The van der Waals surface area contributed by atoms with Crippen molar-refractivity contribution < 1.29 is 9.59 Å². The van der Waals surface area contributed by atoms with Gasteiger partial charge >= 0.3 is 0 Å². The van der Waals surface area contributed by atoms with Gasteiger partial charge in [0.25, 0.3) is 0 Å². The average Bonchev–Trinajstić information content (AvgIpc) is 2.93. The first-order valence-electron chi connectivity index (χ1n) is 13.0. The van der Waals surface area contributed by atoms with Crippen LogP contribution in [0.2, 0.25) is 0 Å². The highest BCUT2D eigenvalue weighted by atomic mass is 16.2. The number of likely N-dealkylation sites (N-methyl/N-ethyl adjacent to an activating group) is 2. The molecule has 10 nitrogen and oxygen atoms in total. The van der Waals surface area contributed by atoms with Crippen molar-refractivity contribution in [1.82, 2.24) is 25.1 Å². The van der Waals surface area contributed by atoms with E-state index in [1.165, 1.54) is 11.0 Å². The van der Waals surface area contributed by atoms with E-state index in [-0.39, 0.29) is 11.8 Å². The summed E-state index contributed by atoms with van der Waals surface area (Å²) >= 11 is 0. The number of hydrogen-bond donors (Lipinski definition) is 3. The second kappa shape index (κ2) is 16.4. The lowest BCUT2D eigenvalue weighted by Crippen LogP contribution is -2.45. The number of nitrogens with one attached hydrogen (secondary N) is 3. The molecule has 2 aromatic rings. The van der Waals surface area contributed by atoms with E-state index in [2.05, 4.69) is 50.8 Å². The molecule has 0 aliphatic rings. The molecule has 1 atom stereocenters. The van der Waals surface area contributed by atoms with Crippen LogP contribution >= 0.6 is 0 Å². The highest BCUT2D eigenvalue weighted by molar-refractivity contribution is 5.92. The molecule has 3 N–H and O–H groups in total. The van der Waals surface area contributed by atoms with Crippen molar-refractivity contribution >= 4 is 29.3 Å². The molecule has 0 bridgehead atoms. The molecule has 206 valence electrons. The zero-order valence-electron chi connectivity index (χ0n) is 23.4. The molecule has 0 fully saturated rings. The van der Waals surface area contributed by atoms with Gasteiger partial charge in [-0.15, -0.1) is 0 Å². The molecule has 39 heavy (non-hydrogen) atoms. The van der Waals surface area contributed by atoms with Gasteiger partial charge < -0.3 is 25.8 Å². The smallest absolute Gasteiger partial charge is 0.246 e. The number of amides is 2. The van der Waals surface area contributed by atoms with Gasteiger partial charge in [-0.25, -0.2) is 4.98 Å². The Morgan fingerprint density at radius 3 is 2.56 bits per heavy atom. The molecule has 1 heterocycles. The second-order valence-corrected chi connectivity index (χ2v) is 9.18. The monoisotopic (exact) mass is 530 g/mol. The van der Waals surface area contributed by atoms with Crippen LogP contribution in [0, 0.1) is 23.2 Å². The fourth-order valence-electron chi connectivity index (χ4n) is 3.21. The fourth-order valence-corrected chi connectivity index (χ4v) is 3.21. The quantitative estimate of drug-likeness (QED) is 0.205. The Hall–Kier alpha value is -4.41. The van der Waals surface area contributed by atoms with E-state index in [9.17, 15) is 9.59 Å². The third-order valence-corrected chi connectivity index (χ3v) is 5.64. The van der Waals surface area contributed by atoms with Crippen molar-refractivity contribution in [2.45, 2.75) is 39.2 Å². The Bertz CT molecular complexity index is 1220. The molecule has 1 aromatic carbocycles. The topological polar surface area (TPSA) is 126 Å². The predicted molar refractivity (Wildman–Crippen MR) is 154 cm³/mol. The Morgan fingerprint density at radius 2 is 1.90 bits per heavy atom. The van der Waals surface area contributed by atoms with E-state index >= 15 is 0 Å².